The van der Waals surface area contributed by atoms with E-state index < -0.39 is 5.97 Å². The molecule has 0 spiro atoms. The Balaban J connectivity index is 1.56. The normalized spacial score (nSPS) is 22.6. The highest BCUT2D eigenvalue weighted by molar-refractivity contribution is 5.87. The van der Waals surface area contributed by atoms with Gasteiger partial charge in [0.05, 0.1) is 5.56 Å². The van der Waals surface area contributed by atoms with E-state index in [9.17, 15) is 14.7 Å². The van der Waals surface area contributed by atoms with Gasteiger partial charge < -0.3 is 14.9 Å². The van der Waals surface area contributed by atoms with Gasteiger partial charge >= 0.3 is 5.97 Å². The van der Waals surface area contributed by atoms with Crippen molar-refractivity contribution < 1.29 is 14.7 Å². The summed E-state index contributed by atoms with van der Waals surface area (Å²) in [4.78, 5) is 28.6. The summed E-state index contributed by atoms with van der Waals surface area (Å²) >= 11 is 0. The summed E-state index contributed by atoms with van der Waals surface area (Å²) in [5.74, 6) is -0.335. The lowest BCUT2D eigenvalue weighted by molar-refractivity contribution is -0.131. The lowest BCUT2D eigenvalue weighted by Gasteiger charge is -2.44. The number of nitrogens with zero attached hydrogens (tertiary/aromatic N) is 2. The first kappa shape index (κ1) is 21.6. The van der Waals surface area contributed by atoms with Gasteiger partial charge in [0.1, 0.15) is 0 Å². The fourth-order valence-electron chi connectivity index (χ4n) is 5.14. The van der Waals surface area contributed by atoms with Gasteiger partial charge in [-0.3, -0.25) is 4.79 Å². The van der Waals surface area contributed by atoms with E-state index in [0.717, 1.165) is 50.9 Å². The number of carboxylic acid groups (broad SMARTS) is 1. The Morgan fingerprint density at radius 1 is 1.10 bits per heavy atom. The molecule has 1 saturated heterocycles. The van der Waals surface area contributed by atoms with Crippen LogP contribution in [0.1, 0.15) is 53.6 Å². The van der Waals surface area contributed by atoms with Gasteiger partial charge in [-0.2, -0.15) is 0 Å². The predicted octanol–water partition coefficient (Wildman–Crippen LogP) is 4.04. The van der Waals surface area contributed by atoms with Crippen molar-refractivity contribution in [2.24, 2.45) is 5.41 Å². The predicted molar refractivity (Wildman–Crippen MR) is 121 cm³/mol. The van der Waals surface area contributed by atoms with Gasteiger partial charge in [0.25, 0.3) is 0 Å². The number of carbonyl (C=O) groups is 2. The second kappa shape index (κ2) is 8.83. The van der Waals surface area contributed by atoms with Crippen molar-refractivity contribution in [1.82, 2.24) is 9.80 Å². The number of amides is 1. The molecule has 1 aliphatic carbocycles. The van der Waals surface area contributed by atoms with E-state index in [1.807, 2.05) is 18.2 Å². The molecule has 1 unspecified atom stereocenters. The number of piperidine rings is 1. The molecule has 1 aliphatic heterocycles. The maximum Gasteiger partial charge on any atom is 0.335 e. The number of hydrogen-bond acceptors (Lipinski definition) is 3. The summed E-state index contributed by atoms with van der Waals surface area (Å²) in [6.45, 7) is 4.42. The van der Waals surface area contributed by atoms with Crippen molar-refractivity contribution >= 4 is 11.9 Å². The number of hydrogen-bond donors (Lipinski definition) is 1. The van der Waals surface area contributed by atoms with E-state index in [0.29, 0.717) is 11.5 Å². The number of likely N-dealkylation sites (tertiary alicyclic amines) is 1. The van der Waals surface area contributed by atoms with Gasteiger partial charge in [0.15, 0.2) is 0 Å². The average Bonchev–Trinajstić information content (AvgIpc) is 3.55. The van der Waals surface area contributed by atoms with Crippen molar-refractivity contribution in [3.63, 3.8) is 0 Å². The highest BCUT2D eigenvalue weighted by Crippen LogP contribution is 2.47. The van der Waals surface area contributed by atoms with Crippen LogP contribution in [0.4, 0.5) is 0 Å². The molecular formula is C26H32N2O3. The van der Waals surface area contributed by atoms with Gasteiger partial charge in [-0.05, 0) is 74.5 Å². The Kier molecular flexibility index (Phi) is 6.15. The van der Waals surface area contributed by atoms with Gasteiger partial charge in [-0.15, -0.1) is 0 Å². The fraction of sp³-hybridized carbons (Fsp3) is 0.462. The minimum absolute atomic E-state index is 0.0286. The maximum absolute atomic E-state index is 12.7. The van der Waals surface area contributed by atoms with Crippen molar-refractivity contribution in [2.75, 3.05) is 26.7 Å². The van der Waals surface area contributed by atoms with E-state index in [-0.39, 0.29) is 17.4 Å². The van der Waals surface area contributed by atoms with Crippen LogP contribution < -0.4 is 0 Å². The zero-order valence-corrected chi connectivity index (χ0v) is 18.5. The lowest BCUT2D eigenvalue weighted by Crippen LogP contribution is -2.48. The standard InChI is InChI=1S/C26H32N2O3/c1-19(29)28(24-16-23(24)21-8-4-3-5-9-21)18-26(11-13-27(2)14-12-26)17-20-7-6-10-22(15-20)25(30)31/h3-10,15,23-24H,11-14,16-18H2,1-2H3,(H,30,31)/t23?,24-/m1/s1. The van der Waals surface area contributed by atoms with Crippen molar-refractivity contribution in [1.29, 1.82) is 0 Å². The summed E-state index contributed by atoms with van der Waals surface area (Å²) in [6, 6.07) is 18.0. The molecule has 0 bridgehead atoms. The third-order valence-corrected chi connectivity index (χ3v) is 7.10. The zero-order chi connectivity index (χ0) is 22.0. The van der Waals surface area contributed by atoms with Crippen LogP contribution in [0.5, 0.6) is 0 Å². The highest BCUT2D eigenvalue weighted by Gasteiger charge is 2.47. The first-order valence-electron chi connectivity index (χ1n) is 11.2. The molecule has 5 nitrogen and oxygen atoms in total. The average molecular weight is 421 g/mol. The molecule has 2 aromatic rings. The molecule has 0 radical (unpaired) electrons. The highest BCUT2D eigenvalue weighted by atomic mass is 16.4. The van der Waals surface area contributed by atoms with E-state index in [1.54, 1.807) is 19.1 Å². The second-order valence-corrected chi connectivity index (χ2v) is 9.45. The second-order valence-electron chi connectivity index (χ2n) is 9.45. The van der Waals surface area contributed by atoms with Crippen LogP contribution >= 0.6 is 0 Å². The van der Waals surface area contributed by atoms with Crippen molar-refractivity contribution in [3.05, 3.63) is 71.3 Å². The third kappa shape index (κ3) is 4.99. The smallest absolute Gasteiger partial charge is 0.335 e. The Morgan fingerprint density at radius 3 is 2.45 bits per heavy atom. The minimum atomic E-state index is -0.895. The molecule has 4 rings (SSSR count). The summed E-state index contributed by atoms with van der Waals surface area (Å²) in [5.41, 5.74) is 2.66. The van der Waals surface area contributed by atoms with E-state index in [1.165, 1.54) is 5.56 Å². The first-order valence-corrected chi connectivity index (χ1v) is 11.2. The minimum Gasteiger partial charge on any atom is -0.478 e. The monoisotopic (exact) mass is 420 g/mol. The van der Waals surface area contributed by atoms with Crippen LogP contribution in [0.3, 0.4) is 0 Å². The van der Waals surface area contributed by atoms with Gasteiger partial charge in [0.2, 0.25) is 5.91 Å². The molecule has 5 heteroatoms. The Labute approximate surface area is 184 Å². The van der Waals surface area contributed by atoms with Crippen LogP contribution in [-0.2, 0) is 11.2 Å². The lowest BCUT2D eigenvalue weighted by atomic mass is 9.73. The largest absolute Gasteiger partial charge is 0.478 e. The summed E-state index contributed by atoms with van der Waals surface area (Å²) in [5, 5.41) is 9.39. The van der Waals surface area contributed by atoms with E-state index >= 15 is 0 Å². The van der Waals surface area contributed by atoms with Gasteiger partial charge in [-0.25, -0.2) is 4.79 Å². The quantitative estimate of drug-likeness (QED) is 0.734. The van der Waals surface area contributed by atoms with Gasteiger partial charge in [0, 0.05) is 25.4 Å². The Morgan fingerprint density at radius 2 is 1.81 bits per heavy atom. The molecule has 2 aliphatic rings. The molecule has 1 N–H and O–H groups in total. The SMILES string of the molecule is CC(=O)N(CC1(Cc2cccc(C(=O)O)c2)CCN(C)CC1)[C@@H]1CC1c1ccccc1. The maximum atomic E-state index is 12.7. The topological polar surface area (TPSA) is 60.9 Å². The first-order chi connectivity index (χ1) is 14.9. The van der Waals surface area contributed by atoms with Crippen LogP contribution in [0.2, 0.25) is 0 Å². The van der Waals surface area contributed by atoms with E-state index in [4.69, 9.17) is 0 Å². The number of carboxylic acids is 1. The molecule has 2 atom stereocenters. The molecule has 1 saturated carbocycles. The number of rotatable bonds is 7. The molecule has 164 valence electrons. The molecule has 1 heterocycles. The molecular weight excluding hydrogens is 388 g/mol. The van der Waals surface area contributed by atoms with Gasteiger partial charge in [-0.1, -0.05) is 42.5 Å². The van der Waals surface area contributed by atoms with E-state index in [2.05, 4.69) is 41.1 Å². The molecule has 0 aromatic heterocycles. The van der Waals surface area contributed by atoms with Crippen molar-refractivity contribution in [2.45, 2.75) is 44.6 Å². The van der Waals surface area contributed by atoms with Crippen molar-refractivity contribution in [3.8, 4) is 0 Å². The molecule has 2 aromatic carbocycles. The Hall–Kier alpha value is -2.66. The molecule has 1 amide bonds. The van der Waals surface area contributed by atoms with Crippen LogP contribution in [-0.4, -0.2) is 59.5 Å². The summed E-state index contributed by atoms with van der Waals surface area (Å²) in [6.07, 6.45) is 3.84. The molecule has 31 heavy (non-hydrogen) atoms. The number of aromatic carboxylic acids is 1. The Bertz CT molecular complexity index is 935. The summed E-state index contributed by atoms with van der Waals surface area (Å²) in [7, 11) is 2.14. The summed E-state index contributed by atoms with van der Waals surface area (Å²) < 4.78 is 0. The number of carbonyl (C=O) groups excluding carboxylic acids is 1. The van der Waals surface area contributed by atoms with Crippen LogP contribution in [0, 0.1) is 5.41 Å². The third-order valence-electron chi connectivity index (χ3n) is 7.10. The van der Waals surface area contributed by atoms with Crippen LogP contribution in [0.15, 0.2) is 54.6 Å². The zero-order valence-electron chi connectivity index (χ0n) is 18.5. The fourth-order valence-corrected chi connectivity index (χ4v) is 5.14. The number of benzene rings is 2. The molecule has 2 fully saturated rings. The van der Waals surface area contributed by atoms with Crippen LogP contribution in [0.25, 0.3) is 0 Å².